The number of rotatable bonds is 4. The second-order valence-electron chi connectivity index (χ2n) is 5.85. The summed E-state index contributed by atoms with van der Waals surface area (Å²) in [6.45, 7) is 0.509. The number of pyridine rings is 1. The maximum atomic E-state index is 11.9. The molecule has 0 spiro atoms. The zero-order chi connectivity index (χ0) is 17.3. The molecular formula is C17H18N2O4S. The topological polar surface area (TPSA) is 87.6 Å². The number of sulfonamides is 1. The van der Waals surface area contributed by atoms with E-state index in [-0.39, 0.29) is 11.6 Å². The molecule has 0 amide bonds. The van der Waals surface area contributed by atoms with Crippen LogP contribution in [-0.2, 0) is 10.0 Å². The lowest BCUT2D eigenvalue weighted by molar-refractivity contribution is 0.0697. The highest BCUT2D eigenvalue weighted by molar-refractivity contribution is 7.88. The van der Waals surface area contributed by atoms with Crippen molar-refractivity contribution in [3.63, 3.8) is 0 Å². The van der Waals surface area contributed by atoms with E-state index in [1.54, 1.807) is 42.6 Å². The monoisotopic (exact) mass is 346 g/mol. The highest BCUT2D eigenvalue weighted by atomic mass is 32.2. The SMILES string of the molecule is CS(=O)(=O)N1CCCC1c1ccc(-c2ccccc2C(=O)O)cn1. The van der Waals surface area contributed by atoms with Crippen LogP contribution in [0.1, 0.15) is 34.9 Å². The predicted octanol–water partition coefficient (Wildman–Crippen LogP) is 2.54. The van der Waals surface area contributed by atoms with Gasteiger partial charge in [0.25, 0.3) is 0 Å². The fourth-order valence-electron chi connectivity index (χ4n) is 3.12. The van der Waals surface area contributed by atoms with Gasteiger partial charge >= 0.3 is 5.97 Å². The van der Waals surface area contributed by atoms with E-state index in [0.29, 0.717) is 23.4 Å². The van der Waals surface area contributed by atoms with E-state index in [4.69, 9.17) is 0 Å². The molecule has 1 aromatic heterocycles. The molecule has 1 saturated heterocycles. The molecular weight excluding hydrogens is 328 g/mol. The number of carboxylic acids is 1. The van der Waals surface area contributed by atoms with Gasteiger partial charge in [0, 0.05) is 18.3 Å². The minimum Gasteiger partial charge on any atom is -0.478 e. The lowest BCUT2D eigenvalue weighted by Gasteiger charge is -2.21. The maximum absolute atomic E-state index is 11.9. The van der Waals surface area contributed by atoms with Crippen LogP contribution in [0.15, 0.2) is 42.6 Å². The zero-order valence-corrected chi connectivity index (χ0v) is 14.0. The second-order valence-corrected chi connectivity index (χ2v) is 7.79. The summed E-state index contributed by atoms with van der Waals surface area (Å²) >= 11 is 0. The third-order valence-corrected chi connectivity index (χ3v) is 5.51. The molecule has 3 rings (SSSR count). The van der Waals surface area contributed by atoms with E-state index in [1.165, 1.54) is 10.6 Å². The van der Waals surface area contributed by atoms with Gasteiger partial charge in [-0.3, -0.25) is 4.98 Å². The maximum Gasteiger partial charge on any atom is 0.336 e. The fourth-order valence-corrected chi connectivity index (χ4v) is 4.25. The second kappa shape index (κ2) is 6.33. The van der Waals surface area contributed by atoms with Crippen molar-refractivity contribution in [2.45, 2.75) is 18.9 Å². The number of carboxylic acid groups (broad SMARTS) is 1. The molecule has 1 fully saturated rings. The summed E-state index contributed by atoms with van der Waals surface area (Å²) in [5.41, 5.74) is 2.19. The average Bonchev–Trinajstić information content (AvgIpc) is 3.05. The normalized spacial score (nSPS) is 18.6. The number of aromatic carboxylic acids is 1. The van der Waals surface area contributed by atoms with Crippen molar-refractivity contribution in [3.8, 4) is 11.1 Å². The summed E-state index contributed by atoms with van der Waals surface area (Å²) in [5.74, 6) is -0.992. The number of benzene rings is 1. The van der Waals surface area contributed by atoms with Crippen LogP contribution in [0.3, 0.4) is 0 Å². The van der Waals surface area contributed by atoms with Crippen LogP contribution >= 0.6 is 0 Å². The lowest BCUT2D eigenvalue weighted by atomic mass is 10.0. The van der Waals surface area contributed by atoms with Gasteiger partial charge in [-0.25, -0.2) is 13.2 Å². The van der Waals surface area contributed by atoms with Crippen LogP contribution < -0.4 is 0 Å². The molecule has 0 aliphatic carbocycles. The Bertz CT molecular complexity index is 862. The summed E-state index contributed by atoms with van der Waals surface area (Å²) in [4.78, 5) is 15.7. The van der Waals surface area contributed by atoms with E-state index < -0.39 is 16.0 Å². The first-order valence-electron chi connectivity index (χ1n) is 7.63. The summed E-state index contributed by atoms with van der Waals surface area (Å²) in [6.07, 6.45) is 4.37. The molecule has 1 N–H and O–H groups in total. The van der Waals surface area contributed by atoms with Crippen LogP contribution in [-0.4, -0.2) is 41.6 Å². The Kier molecular flexibility index (Phi) is 4.38. The van der Waals surface area contributed by atoms with Crippen LogP contribution in [0.2, 0.25) is 0 Å². The zero-order valence-electron chi connectivity index (χ0n) is 13.2. The number of hydrogen-bond acceptors (Lipinski definition) is 4. The molecule has 2 aromatic rings. The first-order chi connectivity index (χ1) is 11.4. The van der Waals surface area contributed by atoms with Gasteiger partial charge in [0.2, 0.25) is 10.0 Å². The molecule has 0 bridgehead atoms. The van der Waals surface area contributed by atoms with Crippen LogP contribution in [0.4, 0.5) is 0 Å². The number of aromatic nitrogens is 1. The van der Waals surface area contributed by atoms with Gasteiger partial charge in [0.1, 0.15) is 0 Å². The molecule has 6 nitrogen and oxygen atoms in total. The van der Waals surface area contributed by atoms with Gasteiger partial charge in [-0.15, -0.1) is 0 Å². The first kappa shape index (κ1) is 16.6. The van der Waals surface area contributed by atoms with Crippen LogP contribution in [0.5, 0.6) is 0 Å². The van der Waals surface area contributed by atoms with Crippen LogP contribution in [0.25, 0.3) is 11.1 Å². The molecule has 126 valence electrons. The molecule has 7 heteroatoms. The number of hydrogen-bond donors (Lipinski definition) is 1. The molecule has 1 aromatic carbocycles. The third-order valence-electron chi connectivity index (χ3n) is 4.23. The quantitative estimate of drug-likeness (QED) is 0.919. The van der Waals surface area contributed by atoms with Crippen molar-refractivity contribution < 1.29 is 18.3 Å². The average molecular weight is 346 g/mol. The minimum absolute atomic E-state index is 0.214. The molecule has 1 atom stereocenters. The molecule has 2 heterocycles. The van der Waals surface area contributed by atoms with Gasteiger partial charge < -0.3 is 5.11 Å². The van der Waals surface area contributed by atoms with Crippen LogP contribution in [0, 0.1) is 0 Å². The minimum atomic E-state index is -3.26. The highest BCUT2D eigenvalue weighted by Gasteiger charge is 2.33. The highest BCUT2D eigenvalue weighted by Crippen LogP contribution is 2.33. The van der Waals surface area contributed by atoms with E-state index in [2.05, 4.69) is 4.98 Å². The third kappa shape index (κ3) is 3.18. The number of nitrogens with zero attached hydrogens (tertiary/aromatic N) is 2. The van der Waals surface area contributed by atoms with Gasteiger partial charge in [-0.05, 0) is 30.5 Å². The predicted molar refractivity (Wildman–Crippen MR) is 90.2 cm³/mol. The molecule has 1 unspecified atom stereocenters. The largest absolute Gasteiger partial charge is 0.478 e. The first-order valence-corrected chi connectivity index (χ1v) is 9.48. The fraction of sp³-hybridized carbons (Fsp3) is 0.294. The standard InChI is InChI=1S/C17H18N2O4S/c1-24(22,23)19-10-4-7-16(19)15-9-8-12(11-18-15)13-5-2-3-6-14(13)17(20)21/h2-3,5-6,8-9,11,16H,4,7,10H2,1H3,(H,20,21). The molecule has 24 heavy (non-hydrogen) atoms. The smallest absolute Gasteiger partial charge is 0.336 e. The van der Waals surface area contributed by atoms with Gasteiger partial charge in [0.05, 0.1) is 23.6 Å². The Morgan fingerprint density at radius 3 is 2.62 bits per heavy atom. The number of carbonyl (C=O) groups is 1. The van der Waals surface area contributed by atoms with E-state index >= 15 is 0 Å². The van der Waals surface area contributed by atoms with Crippen molar-refractivity contribution in [1.29, 1.82) is 0 Å². The van der Waals surface area contributed by atoms with Crippen molar-refractivity contribution in [3.05, 3.63) is 53.9 Å². The lowest BCUT2D eigenvalue weighted by Crippen LogP contribution is -2.29. The Hall–Kier alpha value is -2.25. The Labute approximate surface area is 140 Å². The van der Waals surface area contributed by atoms with Gasteiger partial charge in [-0.1, -0.05) is 24.3 Å². The van der Waals surface area contributed by atoms with Crippen molar-refractivity contribution >= 4 is 16.0 Å². The van der Waals surface area contributed by atoms with E-state index in [0.717, 1.165) is 12.8 Å². The Balaban J connectivity index is 1.94. The van der Waals surface area contributed by atoms with Gasteiger partial charge in [0.15, 0.2) is 0 Å². The van der Waals surface area contributed by atoms with Crippen molar-refractivity contribution in [2.75, 3.05) is 12.8 Å². The summed E-state index contributed by atoms with van der Waals surface area (Å²) in [5, 5.41) is 9.28. The van der Waals surface area contributed by atoms with E-state index in [1.807, 2.05) is 0 Å². The molecule has 1 aliphatic rings. The summed E-state index contributed by atoms with van der Waals surface area (Å²) < 4.78 is 25.2. The Morgan fingerprint density at radius 1 is 1.25 bits per heavy atom. The van der Waals surface area contributed by atoms with E-state index in [9.17, 15) is 18.3 Å². The molecule has 0 saturated carbocycles. The van der Waals surface area contributed by atoms with Crippen molar-refractivity contribution in [2.24, 2.45) is 0 Å². The molecule has 1 aliphatic heterocycles. The Morgan fingerprint density at radius 2 is 2.00 bits per heavy atom. The van der Waals surface area contributed by atoms with Crippen molar-refractivity contribution in [1.82, 2.24) is 9.29 Å². The molecule has 0 radical (unpaired) electrons. The van der Waals surface area contributed by atoms with Gasteiger partial charge in [-0.2, -0.15) is 4.31 Å². The summed E-state index contributed by atoms with van der Waals surface area (Å²) in [7, 11) is -3.26. The summed E-state index contributed by atoms with van der Waals surface area (Å²) in [6, 6.07) is 10.1.